The molecule has 0 bridgehead atoms. The van der Waals surface area contributed by atoms with Gasteiger partial charge in [-0.05, 0) is 38.5 Å². The molecule has 0 radical (unpaired) electrons. The van der Waals surface area contributed by atoms with E-state index in [1.807, 2.05) is 26.0 Å². The number of benzene rings is 1. The fourth-order valence-corrected chi connectivity index (χ4v) is 1.41. The summed E-state index contributed by atoms with van der Waals surface area (Å²) in [6.07, 6.45) is -1.08. The van der Waals surface area contributed by atoms with Gasteiger partial charge in [0, 0.05) is 0 Å². The standard InChI is InChI=1S/C14H22O4/c1-10(2)17-8-13(16)9-18-14-6-4-5-12(7-14)11(3)15/h4-7,10-11,13,15-16H,8-9H2,1-3H3. The third-order valence-corrected chi connectivity index (χ3v) is 2.40. The predicted molar refractivity (Wildman–Crippen MR) is 69.7 cm³/mol. The first-order valence-electron chi connectivity index (χ1n) is 6.19. The Kier molecular flexibility index (Phi) is 6.12. The van der Waals surface area contributed by atoms with Crippen molar-refractivity contribution < 1.29 is 19.7 Å². The molecular weight excluding hydrogens is 232 g/mol. The molecule has 1 aromatic rings. The fraction of sp³-hybridized carbons (Fsp3) is 0.571. The first-order valence-corrected chi connectivity index (χ1v) is 6.19. The zero-order valence-electron chi connectivity index (χ0n) is 11.2. The van der Waals surface area contributed by atoms with Crippen LogP contribution in [-0.4, -0.2) is 35.6 Å². The molecule has 0 aliphatic carbocycles. The van der Waals surface area contributed by atoms with Crippen LogP contribution in [0.25, 0.3) is 0 Å². The molecule has 1 aromatic carbocycles. The summed E-state index contributed by atoms with van der Waals surface area (Å²) in [5, 5.41) is 19.1. The highest BCUT2D eigenvalue weighted by Crippen LogP contribution is 2.18. The summed E-state index contributed by atoms with van der Waals surface area (Å²) in [5.41, 5.74) is 0.792. The van der Waals surface area contributed by atoms with Crippen molar-refractivity contribution in [3.05, 3.63) is 29.8 Å². The molecule has 4 nitrogen and oxygen atoms in total. The maximum atomic E-state index is 9.64. The van der Waals surface area contributed by atoms with Gasteiger partial charge in [0.05, 0.1) is 18.8 Å². The molecule has 2 atom stereocenters. The van der Waals surface area contributed by atoms with Crippen molar-refractivity contribution in [2.75, 3.05) is 13.2 Å². The van der Waals surface area contributed by atoms with Crippen LogP contribution in [0.4, 0.5) is 0 Å². The Labute approximate surface area is 108 Å². The minimum absolute atomic E-state index is 0.0956. The van der Waals surface area contributed by atoms with Gasteiger partial charge in [-0.1, -0.05) is 12.1 Å². The van der Waals surface area contributed by atoms with Gasteiger partial charge in [-0.25, -0.2) is 0 Å². The number of aliphatic hydroxyl groups excluding tert-OH is 2. The van der Waals surface area contributed by atoms with Gasteiger partial charge >= 0.3 is 0 Å². The summed E-state index contributed by atoms with van der Waals surface area (Å²) in [6.45, 7) is 5.97. The molecule has 0 fully saturated rings. The quantitative estimate of drug-likeness (QED) is 0.780. The smallest absolute Gasteiger partial charge is 0.119 e. The molecule has 0 saturated heterocycles. The van der Waals surface area contributed by atoms with Gasteiger partial charge < -0.3 is 19.7 Å². The van der Waals surface area contributed by atoms with Gasteiger partial charge in [0.2, 0.25) is 0 Å². The maximum Gasteiger partial charge on any atom is 0.119 e. The van der Waals surface area contributed by atoms with Crippen LogP contribution in [-0.2, 0) is 4.74 Å². The molecule has 0 aliphatic rings. The van der Waals surface area contributed by atoms with E-state index in [1.165, 1.54) is 0 Å². The lowest BCUT2D eigenvalue weighted by molar-refractivity contribution is -0.0123. The Hall–Kier alpha value is -1.10. The van der Waals surface area contributed by atoms with E-state index in [0.717, 1.165) is 5.56 Å². The van der Waals surface area contributed by atoms with Crippen LogP contribution in [0.1, 0.15) is 32.4 Å². The summed E-state index contributed by atoms with van der Waals surface area (Å²) in [7, 11) is 0. The van der Waals surface area contributed by atoms with Crippen molar-refractivity contribution in [1.82, 2.24) is 0 Å². The van der Waals surface area contributed by atoms with Crippen LogP contribution in [0, 0.1) is 0 Å². The molecule has 0 saturated carbocycles. The van der Waals surface area contributed by atoms with Gasteiger partial charge in [-0.2, -0.15) is 0 Å². The molecule has 2 unspecified atom stereocenters. The number of hydrogen-bond acceptors (Lipinski definition) is 4. The van der Waals surface area contributed by atoms with E-state index < -0.39 is 12.2 Å². The minimum atomic E-state index is -0.650. The summed E-state index contributed by atoms with van der Waals surface area (Å²) >= 11 is 0. The lowest BCUT2D eigenvalue weighted by Crippen LogP contribution is -2.25. The van der Waals surface area contributed by atoms with Crippen LogP contribution >= 0.6 is 0 Å². The third-order valence-electron chi connectivity index (χ3n) is 2.40. The van der Waals surface area contributed by atoms with Crippen molar-refractivity contribution in [3.8, 4) is 5.75 Å². The van der Waals surface area contributed by atoms with Crippen LogP contribution in [0.5, 0.6) is 5.75 Å². The molecule has 1 rings (SSSR count). The molecule has 0 spiro atoms. The molecular formula is C14H22O4. The summed E-state index contributed by atoms with van der Waals surface area (Å²) in [6, 6.07) is 7.20. The highest BCUT2D eigenvalue weighted by molar-refractivity contribution is 5.29. The Morgan fingerprint density at radius 1 is 1.11 bits per heavy atom. The third kappa shape index (κ3) is 5.49. The van der Waals surface area contributed by atoms with Gasteiger partial charge in [0.15, 0.2) is 0 Å². The average molecular weight is 254 g/mol. The van der Waals surface area contributed by atoms with Crippen LogP contribution in [0.15, 0.2) is 24.3 Å². The van der Waals surface area contributed by atoms with Gasteiger partial charge in [0.25, 0.3) is 0 Å². The van der Waals surface area contributed by atoms with E-state index >= 15 is 0 Å². The second kappa shape index (κ2) is 7.36. The first-order chi connectivity index (χ1) is 8.49. The van der Waals surface area contributed by atoms with Gasteiger partial charge in [-0.3, -0.25) is 0 Å². The van der Waals surface area contributed by atoms with Crippen LogP contribution < -0.4 is 4.74 Å². The molecule has 0 aromatic heterocycles. The van der Waals surface area contributed by atoms with E-state index in [4.69, 9.17) is 9.47 Å². The maximum absolute atomic E-state index is 9.64. The zero-order valence-corrected chi connectivity index (χ0v) is 11.2. The largest absolute Gasteiger partial charge is 0.491 e. The van der Waals surface area contributed by atoms with Gasteiger partial charge in [-0.15, -0.1) is 0 Å². The molecule has 2 N–H and O–H groups in total. The van der Waals surface area contributed by atoms with Gasteiger partial charge in [0.1, 0.15) is 18.5 Å². The van der Waals surface area contributed by atoms with E-state index in [2.05, 4.69) is 0 Å². The molecule has 102 valence electrons. The van der Waals surface area contributed by atoms with Crippen molar-refractivity contribution >= 4 is 0 Å². The molecule has 0 amide bonds. The summed E-state index contributed by atoms with van der Waals surface area (Å²) < 4.78 is 10.7. The van der Waals surface area contributed by atoms with E-state index in [0.29, 0.717) is 5.75 Å². The molecule has 0 heterocycles. The lowest BCUT2D eigenvalue weighted by atomic mass is 10.1. The zero-order chi connectivity index (χ0) is 13.5. The second-order valence-electron chi connectivity index (χ2n) is 4.60. The highest BCUT2D eigenvalue weighted by atomic mass is 16.5. The first kappa shape index (κ1) is 15.0. The topological polar surface area (TPSA) is 58.9 Å². The van der Waals surface area contributed by atoms with Crippen LogP contribution in [0.2, 0.25) is 0 Å². The van der Waals surface area contributed by atoms with E-state index in [-0.39, 0.29) is 19.3 Å². The van der Waals surface area contributed by atoms with Crippen LogP contribution in [0.3, 0.4) is 0 Å². The Balaban J connectivity index is 2.40. The normalized spacial score (nSPS) is 14.6. The number of hydrogen-bond donors (Lipinski definition) is 2. The lowest BCUT2D eigenvalue weighted by Gasteiger charge is -2.15. The molecule has 4 heteroatoms. The summed E-state index contributed by atoms with van der Waals surface area (Å²) in [5.74, 6) is 0.636. The van der Waals surface area contributed by atoms with Crippen molar-refractivity contribution in [3.63, 3.8) is 0 Å². The van der Waals surface area contributed by atoms with E-state index in [1.54, 1.807) is 19.1 Å². The second-order valence-corrected chi connectivity index (χ2v) is 4.60. The predicted octanol–water partition coefficient (Wildman–Crippen LogP) is 1.90. The van der Waals surface area contributed by atoms with Crippen molar-refractivity contribution in [2.24, 2.45) is 0 Å². The number of ether oxygens (including phenoxy) is 2. The monoisotopic (exact) mass is 254 g/mol. The fourth-order valence-electron chi connectivity index (χ4n) is 1.41. The molecule has 0 aliphatic heterocycles. The van der Waals surface area contributed by atoms with Crippen molar-refractivity contribution in [2.45, 2.75) is 39.1 Å². The average Bonchev–Trinajstić information content (AvgIpc) is 2.34. The number of rotatable bonds is 7. The minimum Gasteiger partial charge on any atom is -0.491 e. The van der Waals surface area contributed by atoms with Crippen molar-refractivity contribution in [1.29, 1.82) is 0 Å². The van der Waals surface area contributed by atoms with E-state index in [9.17, 15) is 10.2 Å². The Morgan fingerprint density at radius 3 is 2.44 bits per heavy atom. The summed E-state index contributed by atoms with van der Waals surface area (Å²) in [4.78, 5) is 0. The Morgan fingerprint density at radius 2 is 1.83 bits per heavy atom. The Bertz CT molecular complexity index is 349. The molecule has 18 heavy (non-hydrogen) atoms. The highest BCUT2D eigenvalue weighted by Gasteiger charge is 2.08. The SMILES string of the molecule is CC(C)OCC(O)COc1cccc(C(C)O)c1. The number of aliphatic hydroxyl groups is 2.